The third-order valence-corrected chi connectivity index (χ3v) is 2.68. The fraction of sp³-hybridized carbons (Fsp3) is 0.300. The van der Waals surface area contributed by atoms with Gasteiger partial charge in [0.2, 0.25) is 0 Å². The molecular formula is C10H11N3. The molecule has 3 rings (SSSR count). The molecule has 1 aromatic heterocycles. The second-order valence-electron chi connectivity index (χ2n) is 3.51. The van der Waals surface area contributed by atoms with Gasteiger partial charge in [0.25, 0.3) is 0 Å². The minimum absolute atomic E-state index is 0.132. The third-order valence-electron chi connectivity index (χ3n) is 2.68. The first-order valence-electron chi connectivity index (χ1n) is 4.57. The van der Waals surface area contributed by atoms with Crippen LogP contribution in [0.5, 0.6) is 0 Å². The number of benzene rings is 1. The number of nitrogens with zero attached hydrogens (tertiary/aromatic N) is 2. The van der Waals surface area contributed by atoms with Gasteiger partial charge >= 0.3 is 0 Å². The smallest absolute Gasteiger partial charge is 0.126 e. The van der Waals surface area contributed by atoms with E-state index in [4.69, 9.17) is 5.73 Å². The lowest BCUT2D eigenvalue weighted by Crippen LogP contribution is -2.06. The Hall–Kier alpha value is -1.35. The summed E-state index contributed by atoms with van der Waals surface area (Å²) in [5.74, 6) is 1.04. The maximum absolute atomic E-state index is 5.93. The van der Waals surface area contributed by atoms with Gasteiger partial charge in [-0.2, -0.15) is 0 Å². The molecule has 0 radical (unpaired) electrons. The average Bonchev–Trinajstić information content (AvgIpc) is 2.67. The van der Waals surface area contributed by atoms with E-state index in [-0.39, 0.29) is 6.04 Å². The van der Waals surface area contributed by atoms with E-state index in [1.807, 2.05) is 18.2 Å². The lowest BCUT2D eigenvalue weighted by molar-refractivity contribution is 0.685. The quantitative estimate of drug-likeness (QED) is 0.655. The molecule has 0 aliphatic carbocycles. The second-order valence-corrected chi connectivity index (χ2v) is 3.51. The van der Waals surface area contributed by atoms with Crippen molar-refractivity contribution in [3.05, 3.63) is 30.1 Å². The molecule has 1 unspecified atom stereocenters. The SMILES string of the molecule is NC1CCn2c1nc1ccccc12. The molecule has 3 heteroatoms. The van der Waals surface area contributed by atoms with Crippen LogP contribution in [0, 0.1) is 0 Å². The van der Waals surface area contributed by atoms with Gasteiger partial charge in [-0.25, -0.2) is 4.98 Å². The highest BCUT2D eigenvalue weighted by molar-refractivity contribution is 5.76. The summed E-state index contributed by atoms with van der Waals surface area (Å²) in [6.45, 7) is 1.01. The Bertz CT molecular complexity index is 458. The van der Waals surface area contributed by atoms with Crippen molar-refractivity contribution in [3.8, 4) is 0 Å². The second kappa shape index (κ2) is 2.33. The van der Waals surface area contributed by atoms with Gasteiger partial charge in [-0.15, -0.1) is 0 Å². The molecule has 66 valence electrons. The predicted octanol–water partition coefficient (Wildman–Crippen LogP) is 1.44. The van der Waals surface area contributed by atoms with E-state index >= 15 is 0 Å². The molecule has 13 heavy (non-hydrogen) atoms. The average molecular weight is 173 g/mol. The van der Waals surface area contributed by atoms with Crippen molar-refractivity contribution >= 4 is 11.0 Å². The monoisotopic (exact) mass is 173 g/mol. The number of para-hydroxylation sites is 2. The van der Waals surface area contributed by atoms with Gasteiger partial charge in [-0.3, -0.25) is 0 Å². The van der Waals surface area contributed by atoms with Gasteiger partial charge in [-0.05, 0) is 18.6 Å². The largest absolute Gasteiger partial charge is 0.327 e. The minimum atomic E-state index is 0.132. The Balaban J connectivity index is 2.38. The maximum Gasteiger partial charge on any atom is 0.126 e. The summed E-state index contributed by atoms with van der Waals surface area (Å²) in [5, 5.41) is 0. The van der Waals surface area contributed by atoms with Crippen LogP contribution in [0.25, 0.3) is 11.0 Å². The number of rotatable bonds is 0. The molecule has 1 aromatic carbocycles. The first-order chi connectivity index (χ1) is 6.36. The Kier molecular flexibility index (Phi) is 1.27. The fourth-order valence-corrected chi connectivity index (χ4v) is 2.01. The van der Waals surface area contributed by atoms with Gasteiger partial charge in [-0.1, -0.05) is 12.1 Å². The summed E-state index contributed by atoms with van der Waals surface area (Å²) in [6, 6.07) is 8.32. The van der Waals surface area contributed by atoms with Crippen molar-refractivity contribution in [2.75, 3.05) is 0 Å². The lowest BCUT2D eigenvalue weighted by Gasteiger charge is -1.96. The Labute approximate surface area is 76.2 Å². The van der Waals surface area contributed by atoms with E-state index in [1.54, 1.807) is 0 Å². The normalized spacial score (nSPS) is 20.8. The highest BCUT2D eigenvalue weighted by atomic mass is 15.1. The summed E-state index contributed by atoms with van der Waals surface area (Å²) < 4.78 is 2.22. The van der Waals surface area contributed by atoms with Crippen LogP contribution in [0.1, 0.15) is 18.3 Å². The molecule has 0 spiro atoms. The highest BCUT2D eigenvalue weighted by Crippen LogP contribution is 2.27. The maximum atomic E-state index is 5.93. The van der Waals surface area contributed by atoms with Crippen LogP contribution in [0.3, 0.4) is 0 Å². The topological polar surface area (TPSA) is 43.8 Å². The summed E-state index contributed by atoms with van der Waals surface area (Å²) in [4.78, 5) is 4.51. The summed E-state index contributed by atoms with van der Waals surface area (Å²) in [5.41, 5.74) is 8.20. The first kappa shape index (κ1) is 7.09. The molecule has 2 aromatic rings. The van der Waals surface area contributed by atoms with Crippen LogP contribution >= 0.6 is 0 Å². The summed E-state index contributed by atoms with van der Waals surface area (Å²) in [6.07, 6.45) is 1.02. The molecule has 1 aliphatic rings. The summed E-state index contributed by atoms with van der Waals surface area (Å²) in [7, 11) is 0. The molecule has 0 saturated carbocycles. The minimum Gasteiger partial charge on any atom is -0.327 e. The zero-order chi connectivity index (χ0) is 8.84. The van der Waals surface area contributed by atoms with Crippen LogP contribution in [0.15, 0.2) is 24.3 Å². The van der Waals surface area contributed by atoms with E-state index < -0.39 is 0 Å². The van der Waals surface area contributed by atoms with Crippen LogP contribution < -0.4 is 5.73 Å². The standard InChI is InChI=1S/C10H11N3/c11-7-5-6-13-9-4-2-1-3-8(9)12-10(7)13/h1-4,7H,5-6,11H2. The molecule has 1 aliphatic heterocycles. The van der Waals surface area contributed by atoms with Crippen molar-refractivity contribution in [1.82, 2.24) is 9.55 Å². The molecule has 1 atom stereocenters. The Morgan fingerprint density at radius 1 is 1.38 bits per heavy atom. The molecular weight excluding hydrogens is 162 g/mol. The lowest BCUT2D eigenvalue weighted by atomic mass is 10.2. The molecule has 0 amide bonds. The molecule has 0 bridgehead atoms. The molecule has 0 fully saturated rings. The first-order valence-corrected chi connectivity index (χ1v) is 4.57. The van der Waals surface area contributed by atoms with E-state index in [1.165, 1.54) is 5.52 Å². The number of aromatic nitrogens is 2. The van der Waals surface area contributed by atoms with E-state index in [0.717, 1.165) is 24.3 Å². The van der Waals surface area contributed by atoms with Crippen molar-refractivity contribution in [2.45, 2.75) is 19.0 Å². The van der Waals surface area contributed by atoms with Crippen molar-refractivity contribution in [2.24, 2.45) is 5.73 Å². The zero-order valence-electron chi connectivity index (χ0n) is 7.27. The molecule has 2 heterocycles. The van der Waals surface area contributed by atoms with Gasteiger partial charge in [0.1, 0.15) is 5.82 Å². The van der Waals surface area contributed by atoms with Gasteiger partial charge < -0.3 is 10.3 Å². The zero-order valence-corrected chi connectivity index (χ0v) is 7.27. The fourth-order valence-electron chi connectivity index (χ4n) is 2.01. The number of hydrogen-bond donors (Lipinski definition) is 1. The molecule has 0 saturated heterocycles. The number of hydrogen-bond acceptors (Lipinski definition) is 2. The van der Waals surface area contributed by atoms with Gasteiger partial charge in [0.05, 0.1) is 17.1 Å². The number of nitrogens with two attached hydrogens (primary N) is 1. The molecule has 3 nitrogen and oxygen atoms in total. The highest BCUT2D eigenvalue weighted by Gasteiger charge is 2.22. The Morgan fingerprint density at radius 3 is 3.15 bits per heavy atom. The number of aryl methyl sites for hydroxylation is 1. The van der Waals surface area contributed by atoms with Crippen molar-refractivity contribution < 1.29 is 0 Å². The van der Waals surface area contributed by atoms with Gasteiger partial charge in [0, 0.05) is 6.54 Å². The number of imidazole rings is 1. The van der Waals surface area contributed by atoms with Crippen molar-refractivity contribution in [1.29, 1.82) is 0 Å². The van der Waals surface area contributed by atoms with Crippen LogP contribution in [-0.4, -0.2) is 9.55 Å². The number of fused-ring (bicyclic) bond motifs is 3. The third kappa shape index (κ3) is 0.848. The van der Waals surface area contributed by atoms with E-state index in [0.29, 0.717) is 0 Å². The van der Waals surface area contributed by atoms with Crippen LogP contribution in [-0.2, 0) is 6.54 Å². The van der Waals surface area contributed by atoms with Crippen LogP contribution in [0.4, 0.5) is 0 Å². The van der Waals surface area contributed by atoms with Gasteiger partial charge in [0.15, 0.2) is 0 Å². The van der Waals surface area contributed by atoms with Crippen LogP contribution in [0.2, 0.25) is 0 Å². The molecule has 2 N–H and O–H groups in total. The summed E-state index contributed by atoms with van der Waals surface area (Å²) >= 11 is 0. The van der Waals surface area contributed by atoms with E-state index in [9.17, 15) is 0 Å². The Morgan fingerprint density at radius 2 is 2.23 bits per heavy atom. The predicted molar refractivity (Wildman–Crippen MR) is 51.3 cm³/mol. The van der Waals surface area contributed by atoms with Crippen molar-refractivity contribution in [3.63, 3.8) is 0 Å². The van der Waals surface area contributed by atoms with E-state index in [2.05, 4.69) is 15.6 Å².